The first kappa shape index (κ1) is 22.8. The Kier molecular flexibility index (Phi) is 6.93. The maximum atomic E-state index is 12.4. The van der Waals surface area contributed by atoms with E-state index in [1.54, 1.807) is 12.1 Å². The Morgan fingerprint density at radius 2 is 1.21 bits per heavy atom. The van der Waals surface area contributed by atoms with Crippen molar-refractivity contribution in [2.75, 3.05) is 0 Å². The lowest BCUT2D eigenvalue weighted by Gasteiger charge is -2.26. The smallest absolute Gasteiger partial charge is 0.343 e. The fourth-order valence-corrected chi connectivity index (χ4v) is 4.32. The van der Waals surface area contributed by atoms with Gasteiger partial charge in [0.1, 0.15) is 11.5 Å². The normalized spacial score (nSPS) is 14.5. The summed E-state index contributed by atoms with van der Waals surface area (Å²) in [7, 11) is 0. The fourth-order valence-electron chi connectivity index (χ4n) is 4.32. The molecule has 0 radical (unpaired) electrons. The third kappa shape index (κ3) is 5.51. The van der Waals surface area contributed by atoms with Crippen LogP contribution in [-0.2, 0) is 10.2 Å². The SMILES string of the molecule is CC(C)(c1ccc(OC(=O)c2ccccc2)cc1)c1ccc(OC(=O)C2CCCCC2)cc1. The lowest BCUT2D eigenvalue weighted by Crippen LogP contribution is -2.23. The summed E-state index contributed by atoms with van der Waals surface area (Å²) in [4.78, 5) is 24.7. The monoisotopic (exact) mass is 442 g/mol. The highest BCUT2D eigenvalue weighted by molar-refractivity contribution is 5.90. The summed E-state index contributed by atoms with van der Waals surface area (Å²) in [6, 6.07) is 24.3. The van der Waals surface area contributed by atoms with Crippen LogP contribution in [0.2, 0.25) is 0 Å². The van der Waals surface area contributed by atoms with Crippen LogP contribution in [0.4, 0.5) is 0 Å². The maximum absolute atomic E-state index is 12.4. The minimum Gasteiger partial charge on any atom is -0.426 e. The van der Waals surface area contributed by atoms with Crippen molar-refractivity contribution >= 4 is 11.9 Å². The topological polar surface area (TPSA) is 52.6 Å². The molecule has 0 aliphatic heterocycles. The molecule has 3 aromatic rings. The minimum atomic E-state index is -0.374. The van der Waals surface area contributed by atoms with Crippen molar-refractivity contribution in [3.05, 3.63) is 95.6 Å². The zero-order valence-electron chi connectivity index (χ0n) is 19.3. The Labute approximate surface area is 195 Å². The van der Waals surface area contributed by atoms with E-state index in [2.05, 4.69) is 13.8 Å². The van der Waals surface area contributed by atoms with Gasteiger partial charge in [-0.3, -0.25) is 4.79 Å². The molecule has 0 heterocycles. The summed E-state index contributed by atoms with van der Waals surface area (Å²) in [5.41, 5.74) is 2.45. The molecule has 4 nitrogen and oxygen atoms in total. The van der Waals surface area contributed by atoms with Gasteiger partial charge in [0.2, 0.25) is 0 Å². The van der Waals surface area contributed by atoms with Crippen molar-refractivity contribution in [2.24, 2.45) is 5.92 Å². The van der Waals surface area contributed by atoms with Gasteiger partial charge in [-0.2, -0.15) is 0 Å². The van der Waals surface area contributed by atoms with Crippen molar-refractivity contribution < 1.29 is 19.1 Å². The van der Waals surface area contributed by atoms with Crippen LogP contribution in [0, 0.1) is 5.92 Å². The molecule has 0 spiro atoms. The molecule has 170 valence electrons. The summed E-state index contributed by atoms with van der Waals surface area (Å²) in [6.45, 7) is 4.28. The molecule has 4 rings (SSSR count). The van der Waals surface area contributed by atoms with E-state index in [9.17, 15) is 9.59 Å². The lowest BCUT2D eigenvalue weighted by molar-refractivity contribution is -0.139. The van der Waals surface area contributed by atoms with E-state index in [4.69, 9.17) is 9.47 Å². The van der Waals surface area contributed by atoms with Crippen LogP contribution in [0.3, 0.4) is 0 Å². The summed E-state index contributed by atoms with van der Waals surface area (Å²) < 4.78 is 11.1. The van der Waals surface area contributed by atoms with Gasteiger partial charge in [0.15, 0.2) is 0 Å². The summed E-state index contributed by atoms with van der Waals surface area (Å²) >= 11 is 0. The first-order valence-electron chi connectivity index (χ1n) is 11.6. The summed E-state index contributed by atoms with van der Waals surface area (Å²) in [5, 5.41) is 0. The van der Waals surface area contributed by atoms with Gasteiger partial charge in [-0.05, 0) is 60.4 Å². The van der Waals surface area contributed by atoms with Crippen molar-refractivity contribution in [3.8, 4) is 11.5 Å². The minimum absolute atomic E-state index is 0.0318. The number of benzene rings is 3. The Morgan fingerprint density at radius 3 is 1.76 bits per heavy atom. The predicted molar refractivity (Wildman–Crippen MR) is 129 cm³/mol. The number of rotatable bonds is 6. The highest BCUT2D eigenvalue weighted by Crippen LogP contribution is 2.34. The maximum Gasteiger partial charge on any atom is 0.343 e. The summed E-state index contributed by atoms with van der Waals surface area (Å²) in [6.07, 6.45) is 5.29. The molecule has 1 aliphatic rings. The molecule has 0 amide bonds. The Hall–Kier alpha value is -3.40. The second-order valence-electron chi connectivity index (χ2n) is 9.19. The largest absolute Gasteiger partial charge is 0.426 e. The van der Waals surface area contributed by atoms with Crippen LogP contribution in [0.25, 0.3) is 0 Å². The Morgan fingerprint density at radius 1 is 0.697 bits per heavy atom. The van der Waals surface area contributed by atoms with E-state index in [1.807, 2.05) is 66.7 Å². The molecule has 0 bridgehead atoms. The van der Waals surface area contributed by atoms with E-state index in [-0.39, 0.29) is 23.3 Å². The van der Waals surface area contributed by atoms with E-state index >= 15 is 0 Å². The molecule has 1 saturated carbocycles. The van der Waals surface area contributed by atoms with E-state index < -0.39 is 0 Å². The fraction of sp³-hybridized carbons (Fsp3) is 0.310. The van der Waals surface area contributed by atoms with Gasteiger partial charge in [0, 0.05) is 5.41 Å². The van der Waals surface area contributed by atoms with Gasteiger partial charge in [0.25, 0.3) is 0 Å². The van der Waals surface area contributed by atoms with E-state index in [1.165, 1.54) is 6.42 Å². The number of hydrogen-bond donors (Lipinski definition) is 0. The third-order valence-corrected chi connectivity index (χ3v) is 6.53. The summed E-state index contributed by atoms with van der Waals surface area (Å²) in [5.74, 6) is 0.648. The predicted octanol–water partition coefficient (Wildman–Crippen LogP) is 6.72. The molecule has 33 heavy (non-hydrogen) atoms. The highest BCUT2D eigenvalue weighted by atomic mass is 16.5. The molecule has 0 saturated heterocycles. The zero-order valence-corrected chi connectivity index (χ0v) is 19.3. The van der Waals surface area contributed by atoms with Gasteiger partial charge in [-0.25, -0.2) is 4.79 Å². The van der Waals surface area contributed by atoms with Crippen molar-refractivity contribution in [1.82, 2.24) is 0 Å². The van der Waals surface area contributed by atoms with Crippen LogP contribution in [-0.4, -0.2) is 11.9 Å². The average Bonchev–Trinajstić information content (AvgIpc) is 2.86. The molecule has 1 fully saturated rings. The molecule has 1 aliphatic carbocycles. The molecular formula is C29H30O4. The number of esters is 2. The van der Waals surface area contributed by atoms with Gasteiger partial charge in [-0.1, -0.05) is 75.6 Å². The third-order valence-electron chi connectivity index (χ3n) is 6.53. The van der Waals surface area contributed by atoms with Gasteiger partial charge in [-0.15, -0.1) is 0 Å². The first-order valence-corrected chi connectivity index (χ1v) is 11.6. The molecule has 0 N–H and O–H groups in total. The Bertz CT molecular complexity index is 1080. The number of ether oxygens (including phenoxy) is 2. The second-order valence-corrected chi connectivity index (χ2v) is 9.19. The molecule has 3 aromatic carbocycles. The van der Waals surface area contributed by atoms with Crippen LogP contribution >= 0.6 is 0 Å². The first-order chi connectivity index (χ1) is 15.9. The average molecular weight is 443 g/mol. The Balaban J connectivity index is 1.41. The highest BCUT2D eigenvalue weighted by Gasteiger charge is 2.25. The van der Waals surface area contributed by atoms with Crippen LogP contribution < -0.4 is 9.47 Å². The van der Waals surface area contributed by atoms with Crippen molar-refractivity contribution in [1.29, 1.82) is 0 Å². The van der Waals surface area contributed by atoms with E-state index in [0.29, 0.717) is 17.1 Å². The second kappa shape index (κ2) is 10.0. The van der Waals surface area contributed by atoms with Crippen LogP contribution in [0.5, 0.6) is 11.5 Å². The molecular weight excluding hydrogens is 412 g/mol. The van der Waals surface area contributed by atoms with Crippen LogP contribution in [0.1, 0.15) is 67.4 Å². The van der Waals surface area contributed by atoms with Crippen molar-refractivity contribution in [3.63, 3.8) is 0 Å². The van der Waals surface area contributed by atoms with Gasteiger partial charge in [0.05, 0.1) is 11.5 Å². The van der Waals surface area contributed by atoms with Gasteiger partial charge < -0.3 is 9.47 Å². The van der Waals surface area contributed by atoms with E-state index in [0.717, 1.165) is 36.8 Å². The lowest BCUT2D eigenvalue weighted by atomic mass is 9.78. The number of carbonyl (C=O) groups excluding carboxylic acids is 2. The molecule has 4 heteroatoms. The van der Waals surface area contributed by atoms with Gasteiger partial charge >= 0.3 is 11.9 Å². The molecule has 0 aromatic heterocycles. The van der Waals surface area contributed by atoms with Crippen LogP contribution in [0.15, 0.2) is 78.9 Å². The number of hydrogen-bond acceptors (Lipinski definition) is 4. The molecule has 0 atom stereocenters. The molecule has 0 unspecified atom stereocenters. The zero-order chi connectivity index (χ0) is 23.3. The number of carbonyl (C=O) groups is 2. The standard InChI is InChI=1S/C29H30O4/c1-29(2,23-13-17-25(18-14-23)32-27(30)21-9-5-3-6-10-21)24-15-19-26(20-16-24)33-28(31)22-11-7-4-8-12-22/h3,5-6,9-10,13-20,22H,4,7-8,11-12H2,1-2H3. The quantitative estimate of drug-likeness (QED) is 0.314. The van der Waals surface area contributed by atoms with Crippen molar-refractivity contribution in [2.45, 2.75) is 51.4 Å².